The number of nitrogens with zero attached hydrogens (tertiary/aromatic N) is 3. The molecule has 136 valence electrons. The molecule has 0 saturated carbocycles. The number of halogens is 1. The van der Waals surface area contributed by atoms with Gasteiger partial charge in [0.2, 0.25) is 11.8 Å². The fraction of sp³-hybridized carbons (Fsp3) is 0.333. The van der Waals surface area contributed by atoms with Gasteiger partial charge < -0.3 is 9.63 Å². The highest BCUT2D eigenvalue weighted by Crippen LogP contribution is 2.21. The zero-order chi connectivity index (χ0) is 18.8. The maximum Gasteiger partial charge on any atom is 0.256 e. The van der Waals surface area contributed by atoms with Gasteiger partial charge in [-0.2, -0.15) is 4.98 Å². The second-order valence-electron chi connectivity index (χ2n) is 6.24. The zero-order valence-electron chi connectivity index (χ0n) is 14.3. The zero-order valence-corrected chi connectivity index (χ0v) is 15.1. The maximum atomic E-state index is 12.2. The molecule has 1 aliphatic rings. The number of imide groups is 1. The number of benzene rings is 1. The molecule has 7 nitrogen and oxygen atoms in total. The SMILES string of the molecule is CC1=CC(C)C(=O)N(Cc2nc(C[C@H](O)c3ccc(Cl)cc3)no2)C1=O. The van der Waals surface area contributed by atoms with Crippen LogP contribution in [-0.2, 0) is 22.6 Å². The average Bonchev–Trinajstić information content (AvgIpc) is 3.04. The average molecular weight is 376 g/mol. The summed E-state index contributed by atoms with van der Waals surface area (Å²) in [5.41, 5.74) is 1.19. The van der Waals surface area contributed by atoms with Gasteiger partial charge in [-0.25, -0.2) is 0 Å². The van der Waals surface area contributed by atoms with E-state index in [4.69, 9.17) is 16.1 Å². The van der Waals surface area contributed by atoms with Crippen LogP contribution in [0.3, 0.4) is 0 Å². The molecule has 1 aliphatic heterocycles. The minimum atomic E-state index is -0.818. The number of rotatable bonds is 5. The van der Waals surface area contributed by atoms with E-state index in [2.05, 4.69) is 10.1 Å². The Morgan fingerprint density at radius 1 is 1.31 bits per heavy atom. The predicted octanol–water partition coefficient (Wildman–Crippen LogP) is 2.45. The number of hydrogen-bond acceptors (Lipinski definition) is 6. The highest BCUT2D eigenvalue weighted by molar-refractivity contribution is 6.30. The molecular weight excluding hydrogens is 358 g/mol. The van der Waals surface area contributed by atoms with Crippen molar-refractivity contribution in [3.8, 4) is 0 Å². The smallest absolute Gasteiger partial charge is 0.256 e. The highest BCUT2D eigenvalue weighted by atomic mass is 35.5. The number of hydrogen-bond donors (Lipinski definition) is 1. The van der Waals surface area contributed by atoms with Crippen LogP contribution in [0, 0.1) is 5.92 Å². The third kappa shape index (κ3) is 3.84. The Morgan fingerprint density at radius 3 is 2.69 bits per heavy atom. The van der Waals surface area contributed by atoms with Gasteiger partial charge in [-0.1, -0.05) is 41.9 Å². The molecule has 0 saturated heterocycles. The highest BCUT2D eigenvalue weighted by Gasteiger charge is 2.32. The van der Waals surface area contributed by atoms with Gasteiger partial charge in [-0.15, -0.1) is 0 Å². The Kier molecular flexibility index (Phi) is 5.20. The van der Waals surface area contributed by atoms with Crippen molar-refractivity contribution in [2.45, 2.75) is 32.9 Å². The standard InChI is InChI=1S/C18H18ClN3O4/c1-10-7-11(2)18(25)22(17(10)24)9-16-20-15(21-26-16)8-14(23)12-3-5-13(19)6-4-12/h3-7,10,14,23H,8-9H2,1-2H3/t10?,14-/m0/s1. The number of aliphatic hydroxyl groups excluding tert-OH is 1. The fourth-order valence-electron chi connectivity index (χ4n) is 2.77. The molecule has 2 atom stereocenters. The lowest BCUT2D eigenvalue weighted by molar-refractivity contribution is -0.146. The summed E-state index contributed by atoms with van der Waals surface area (Å²) < 4.78 is 5.13. The molecule has 0 fully saturated rings. The monoisotopic (exact) mass is 375 g/mol. The van der Waals surface area contributed by atoms with Crippen LogP contribution in [0.1, 0.15) is 37.2 Å². The molecule has 1 aromatic heterocycles. The second kappa shape index (κ2) is 7.39. The van der Waals surface area contributed by atoms with E-state index in [-0.39, 0.29) is 36.6 Å². The predicted molar refractivity (Wildman–Crippen MR) is 92.9 cm³/mol. The first-order valence-corrected chi connectivity index (χ1v) is 8.52. The number of amides is 2. The van der Waals surface area contributed by atoms with E-state index in [0.29, 0.717) is 22.0 Å². The van der Waals surface area contributed by atoms with Gasteiger partial charge >= 0.3 is 0 Å². The lowest BCUT2D eigenvalue weighted by Crippen LogP contribution is -2.43. The second-order valence-corrected chi connectivity index (χ2v) is 6.68. The summed E-state index contributed by atoms with van der Waals surface area (Å²) in [4.78, 5) is 29.7. The van der Waals surface area contributed by atoms with Crippen LogP contribution >= 0.6 is 11.6 Å². The number of aromatic nitrogens is 2. The van der Waals surface area contributed by atoms with Crippen LogP contribution in [0.5, 0.6) is 0 Å². The Balaban J connectivity index is 1.68. The van der Waals surface area contributed by atoms with E-state index in [0.717, 1.165) is 4.90 Å². The molecule has 8 heteroatoms. The summed E-state index contributed by atoms with van der Waals surface area (Å²) >= 11 is 5.83. The van der Waals surface area contributed by atoms with Crippen molar-refractivity contribution in [2.75, 3.05) is 0 Å². The maximum absolute atomic E-state index is 12.2. The minimum Gasteiger partial charge on any atom is -0.388 e. The van der Waals surface area contributed by atoms with E-state index in [1.165, 1.54) is 0 Å². The van der Waals surface area contributed by atoms with Crippen molar-refractivity contribution >= 4 is 23.4 Å². The molecule has 1 N–H and O–H groups in total. The Bertz CT molecular complexity index is 860. The minimum absolute atomic E-state index is 0.0861. The van der Waals surface area contributed by atoms with Crippen LogP contribution in [0.25, 0.3) is 0 Å². The first-order chi connectivity index (χ1) is 12.3. The molecule has 3 rings (SSSR count). The van der Waals surface area contributed by atoms with Crippen LogP contribution in [-0.4, -0.2) is 32.0 Å². The van der Waals surface area contributed by atoms with Crippen molar-refractivity contribution in [3.63, 3.8) is 0 Å². The van der Waals surface area contributed by atoms with Gasteiger partial charge in [0.15, 0.2) is 5.82 Å². The summed E-state index contributed by atoms with van der Waals surface area (Å²) in [6, 6.07) is 6.81. The van der Waals surface area contributed by atoms with Crippen LogP contribution in [0.15, 0.2) is 40.4 Å². The molecule has 1 unspecified atom stereocenters. The molecule has 2 amide bonds. The molecule has 0 spiro atoms. The van der Waals surface area contributed by atoms with Crippen LogP contribution in [0.2, 0.25) is 5.02 Å². The van der Waals surface area contributed by atoms with Gasteiger partial charge in [-0.3, -0.25) is 14.5 Å². The van der Waals surface area contributed by atoms with E-state index >= 15 is 0 Å². The van der Waals surface area contributed by atoms with Gasteiger partial charge in [0.05, 0.1) is 12.0 Å². The van der Waals surface area contributed by atoms with Crippen molar-refractivity contribution < 1.29 is 19.2 Å². The van der Waals surface area contributed by atoms with E-state index in [1.54, 1.807) is 44.2 Å². The molecule has 1 aromatic carbocycles. The topological polar surface area (TPSA) is 96.5 Å². The Morgan fingerprint density at radius 2 is 2.00 bits per heavy atom. The summed E-state index contributed by atoms with van der Waals surface area (Å²) in [7, 11) is 0. The number of carbonyl (C=O) groups is 2. The van der Waals surface area contributed by atoms with Crippen molar-refractivity contribution in [3.05, 3.63) is 58.2 Å². The third-order valence-corrected chi connectivity index (χ3v) is 4.42. The lowest BCUT2D eigenvalue weighted by atomic mass is 10.0. The molecule has 0 radical (unpaired) electrons. The van der Waals surface area contributed by atoms with Gasteiger partial charge in [-0.05, 0) is 24.6 Å². The molecule has 0 bridgehead atoms. The molecule has 2 aromatic rings. The van der Waals surface area contributed by atoms with Gasteiger partial charge in [0.1, 0.15) is 6.54 Å². The molecule has 26 heavy (non-hydrogen) atoms. The fourth-order valence-corrected chi connectivity index (χ4v) is 2.90. The van der Waals surface area contributed by atoms with E-state index in [9.17, 15) is 14.7 Å². The van der Waals surface area contributed by atoms with E-state index in [1.807, 2.05) is 0 Å². The molecule has 2 heterocycles. The van der Waals surface area contributed by atoms with Crippen molar-refractivity contribution in [2.24, 2.45) is 5.92 Å². The number of aliphatic hydroxyl groups is 1. The number of carbonyl (C=O) groups excluding carboxylic acids is 2. The largest absolute Gasteiger partial charge is 0.388 e. The first kappa shape index (κ1) is 18.3. The van der Waals surface area contributed by atoms with Crippen LogP contribution in [0.4, 0.5) is 0 Å². The Labute approximate surface area is 155 Å². The summed E-state index contributed by atoms with van der Waals surface area (Å²) in [5, 5.41) is 14.7. The Hall–Kier alpha value is -2.51. The normalized spacial score (nSPS) is 18.8. The lowest BCUT2D eigenvalue weighted by Gasteiger charge is -2.26. The summed E-state index contributed by atoms with van der Waals surface area (Å²) in [6.07, 6.45) is 0.965. The first-order valence-electron chi connectivity index (χ1n) is 8.14. The van der Waals surface area contributed by atoms with Gasteiger partial charge in [0, 0.05) is 17.0 Å². The summed E-state index contributed by atoms with van der Waals surface area (Å²) in [6.45, 7) is 3.31. The van der Waals surface area contributed by atoms with Gasteiger partial charge in [0.25, 0.3) is 5.91 Å². The van der Waals surface area contributed by atoms with Crippen LogP contribution < -0.4 is 0 Å². The quantitative estimate of drug-likeness (QED) is 0.806. The van der Waals surface area contributed by atoms with Crippen molar-refractivity contribution in [1.29, 1.82) is 0 Å². The third-order valence-electron chi connectivity index (χ3n) is 4.17. The summed E-state index contributed by atoms with van der Waals surface area (Å²) in [5.74, 6) is -0.607. The van der Waals surface area contributed by atoms with Crippen molar-refractivity contribution in [1.82, 2.24) is 15.0 Å². The molecular formula is C18H18ClN3O4. The van der Waals surface area contributed by atoms with E-state index < -0.39 is 6.10 Å². The molecule has 0 aliphatic carbocycles.